The number of hydrogen-bond donors (Lipinski definition) is 1. The maximum atomic E-state index is 12.6. The number of nitrogens with zero attached hydrogens (tertiary/aromatic N) is 1. The Balaban J connectivity index is 2.12. The van der Waals surface area contributed by atoms with Gasteiger partial charge in [0, 0.05) is 30.2 Å². The van der Waals surface area contributed by atoms with E-state index in [9.17, 15) is 9.59 Å². The number of carbonyl (C=O) groups excluding carboxylic acids is 2. The first-order valence-corrected chi connectivity index (χ1v) is 10.2. The predicted octanol–water partition coefficient (Wildman–Crippen LogP) is 5.41. The molecule has 2 amide bonds. The van der Waals surface area contributed by atoms with Crippen molar-refractivity contribution in [2.24, 2.45) is 5.92 Å². The summed E-state index contributed by atoms with van der Waals surface area (Å²) in [5, 5.41) is 3.05. The molecule has 0 saturated carbocycles. The highest BCUT2D eigenvalue weighted by molar-refractivity contribution is 8.13. The lowest BCUT2D eigenvalue weighted by Crippen LogP contribution is -2.16. The molecule has 6 nitrogen and oxygen atoms in total. The summed E-state index contributed by atoms with van der Waals surface area (Å²) >= 11 is 7.43. The third-order valence-corrected chi connectivity index (χ3v) is 5.06. The summed E-state index contributed by atoms with van der Waals surface area (Å²) in [6.45, 7) is 4.55. The highest BCUT2D eigenvalue weighted by Gasteiger charge is 2.17. The Hall–Kier alpha value is -2.38. The lowest BCUT2D eigenvalue weighted by molar-refractivity contribution is 0.102. The zero-order chi connectivity index (χ0) is 21.6. The van der Waals surface area contributed by atoms with Gasteiger partial charge in [-0.3, -0.25) is 9.59 Å². The molecule has 0 atom stereocenters. The summed E-state index contributed by atoms with van der Waals surface area (Å²) in [4.78, 5) is 26.7. The van der Waals surface area contributed by atoms with E-state index in [4.69, 9.17) is 21.1 Å². The Morgan fingerprint density at radius 1 is 1.17 bits per heavy atom. The topological polar surface area (TPSA) is 67.9 Å². The molecule has 0 spiro atoms. The molecule has 2 rings (SSSR count). The zero-order valence-electron chi connectivity index (χ0n) is 17.1. The van der Waals surface area contributed by atoms with Crippen molar-refractivity contribution < 1.29 is 19.1 Å². The van der Waals surface area contributed by atoms with E-state index in [1.807, 2.05) is 13.8 Å². The molecule has 29 heavy (non-hydrogen) atoms. The number of benzene rings is 2. The van der Waals surface area contributed by atoms with Crippen LogP contribution in [0.3, 0.4) is 0 Å². The lowest BCUT2D eigenvalue weighted by Gasteiger charge is -2.15. The van der Waals surface area contributed by atoms with E-state index in [1.165, 1.54) is 12.0 Å². The number of hydrogen-bond acceptors (Lipinski definition) is 5. The van der Waals surface area contributed by atoms with Crippen molar-refractivity contribution in [2.75, 3.05) is 33.1 Å². The van der Waals surface area contributed by atoms with Gasteiger partial charge in [-0.1, -0.05) is 25.4 Å². The minimum atomic E-state index is -0.328. The van der Waals surface area contributed by atoms with E-state index in [0.717, 1.165) is 16.7 Å². The summed E-state index contributed by atoms with van der Waals surface area (Å²) in [5.74, 6) is 0.821. The van der Waals surface area contributed by atoms with Crippen molar-refractivity contribution in [2.45, 2.75) is 18.7 Å². The number of carbonyl (C=O) groups is 2. The van der Waals surface area contributed by atoms with E-state index in [0.29, 0.717) is 40.3 Å². The van der Waals surface area contributed by atoms with Crippen LogP contribution < -0.4 is 14.8 Å². The van der Waals surface area contributed by atoms with Crippen LogP contribution in [-0.4, -0.2) is 43.9 Å². The van der Waals surface area contributed by atoms with Gasteiger partial charge < -0.3 is 19.7 Å². The summed E-state index contributed by atoms with van der Waals surface area (Å²) < 4.78 is 11.1. The third kappa shape index (κ3) is 6.58. The van der Waals surface area contributed by atoms with Crippen LogP contribution in [0.25, 0.3) is 0 Å². The smallest absolute Gasteiger partial charge is 0.285 e. The molecular formula is C21H25ClN2O4S. The van der Waals surface area contributed by atoms with Gasteiger partial charge in [0.2, 0.25) is 0 Å². The Labute approximate surface area is 180 Å². The largest absolute Gasteiger partial charge is 0.493 e. The number of halogens is 1. The van der Waals surface area contributed by atoms with Gasteiger partial charge in [0.05, 0.1) is 18.7 Å². The molecule has 0 aromatic heterocycles. The summed E-state index contributed by atoms with van der Waals surface area (Å²) in [6, 6.07) is 10.2. The van der Waals surface area contributed by atoms with Crippen LogP contribution in [0.1, 0.15) is 24.2 Å². The fourth-order valence-electron chi connectivity index (χ4n) is 2.24. The average molecular weight is 437 g/mol. The SMILES string of the molecule is COc1cc(C(=O)Nc2ccc(SC(=O)N(C)C)cc2)cc(Cl)c1OCC(C)C. The molecular weight excluding hydrogens is 412 g/mol. The normalized spacial score (nSPS) is 10.6. The number of rotatable bonds is 7. The molecule has 0 bridgehead atoms. The highest BCUT2D eigenvalue weighted by atomic mass is 35.5. The van der Waals surface area contributed by atoms with Gasteiger partial charge in [0.15, 0.2) is 11.5 Å². The van der Waals surface area contributed by atoms with Crippen molar-refractivity contribution in [1.82, 2.24) is 4.90 Å². The van der Waals surface area contributed by atoms with Gasteiger partial charge in [-0.15, -0.1) is 0 Å². The fourth-order valence-corrected chi connectivity index (χ4v) is 3.16. The first kappa shape index (κ1) is 22.9. The minimum absolute atomic E-state index is 0.0664. The van der Waals surface area contributed by atoms with E-state index in [2.05, 4.69) is 5.32 Å². The van der Waals surface area contributed by atoms with Crippen LogP contribution in [0.5, 0.6) is 11.5 Å². The zero-order valence-corrected chi connectivity index (χ0v) is 18.7. The maximum Gasteiger partial charge on any atom is 0.285 e. The molecule has 0 aliphatic carbocycles. The van der Waals surface area contributed by atoms with Crippen LogP contribution in [0, 0.1) is 5.92 Å². The second-order valence-electron chi connectivity index (χ2n) is 6.94. The average Bonchev–Trinajstić information content (AvgIpc) is 2.67. The number of methoxy groups -OCH3 is 1. The van der Waals surface area contributed by atoms with E-state index in [-0.39, 0.29) is 11.1 Å². The third-order valence-electron chi connectivity index (χ3n) is 3.74. The molecule has 8 heteroatoms. The number of anilines is 1. The van der Waals surface area contributed by atoms with Crippen LogP contribution >= 0.6 is 23.4 Å². The van der Waals surface area contributed by atoms with Crippen molar-refractivity contribution >= 4 is 40.2 Å². The summed E-state index contributed by atoms with van der Waals surface area (Å²) in [6.07, 6.45) is 0. The Kier molecular flexibility index (Phi) is 8.22. The second-order valence-corrected chi connectivity index (χ2v) is 8.37. The van der Waals surface area contributed by atoms with Crippen LogP contribution in [-0.2, 0) is 0 Å². The van der Waals surface area contributed by atoms with Crippen LogP contribution in [0.4, 0.5) is 10.5 Å². The van der Waals surface area contributed by atoms with Crippen molar-refractivity contribution in [3.05, 3.63) is 47.0 Å². The molecule has 0 aliphatic rings. The first-order valence-electron chi connectivity index (χ1n) is 9.02. The molecule has 0 unspecified atom stereocenters. The number of ether oxygens (including phenoxy) is 2. The quantitative estimate of drug-likeness (QED) is 0.588. The maximum absolute atomic E-state index is 12.6. The van der Waals surface area contributed by atoms with Crippen LogP contribution in [0.15, 0.2) is 41.3 Å². The van der Waals surface area contributed by atoms with Crippen molar-refractivity contribution in [1.29, 1.82) is 0 Å². The first-order chi connectivity index (χ1) is 13.7. The Morgan fingerprint density at radius 2 is 1.83 bits per heavy atom. The standard InChI is InChI=1S/C21H25ClN2O4S/c1-13(2)12-28-19-17(22)10-14(11-18(19)27-5)20(25)23-15-6-8-16(9-7-15)29-21(26)24(3)4/h6-11,13H,12H2,1-5H3,(H,23,25). The molecule has 0 radical (unpaired) electrons. The number of amides is 2. The van der Waals surface area contributed by atoms with E-state index < -0.39 is 0 Å². The van der Waals surface area contributed by atoms with Gasteiger partial charge in [0.1, 0.15) is 0 Å². The van der Waals surface area contributed by atoms with Gasteiger partial charge in [-0.05, 0) is 54.1 Å². The molecule has 0 fully saturated rings. The predicted molar refractivity (Wildman–Crippen MR) is 118 cm³/mol. The monoisotopic (exact) mass is 436 g/mol. The molecule has 2 aromatic carbocycles. The van der Waals surface area contributed by atoms with Crippen molar-refractivity contribution in [3.63, 3.8) is 0 Å². The van der Waals surface area contributed by atoms with Crippen LogP contribution in [0.2, 0.25) is 5.02 Å². The fraction of sp³-hybridized carbons (Fsp3) is 0.333. The molecule has 0 heterocycles. The van der Waals surface area contributed by atoms with Gasteiger partial charge in [0.25, 0.3) is 11.1 Å². The molecule has 156 valence electrons. The molecule has 2 aromatic rings. The van der Waals surface area contributed by atoms with Gasteiger partial charge in [-0.25, -0.2) is 0 Å². The molecule has 0 aliphatic heterocycles. The van der Waals surface area contributed by atoms with Crippen molar-refractivity contribution in [3.8, 4) is 11.5 Å². The highest BCUT2D eigenvalue weighted by Crippen LogP contribution is 2.37. The van der Waals surface area contributed by atoms with Gasteiger partial charge in [-0.2, -0.15) is 0 Å². The second kappa shape index (κ2) is 10.4. The Bertz CT molecular complexity index is 870. The number of thioether (sulfide) groups is 1. The number of nitrogens with one attached hydrogen (secondary N) is 1. The minimum Gasteiger partial charge on any atom is -0.493 e. The molecule has 0 saturated heterocycles. The van der Waals surface area contributed by atoms with Gasteiger partial charge >= 0.3 is 0 Å². The summed E-state index contributed by atoms with van der Waals surface area (Å²) in [7, 11) is 4.89. The molecule has 1 N–H and O–H groups in total. The van der Waals surface area contributed by atoms with E-state index in [1.54, 1.807) is 50.5 Å². The van der Waals surface area contributed by atoms with E-state index >= 15 is 0 Å². The summed E-state index contributed by atoms with van der Waals surface area (Å²) in [5.41, 5.74) is 0.955. The lowest BCUT2D eigenvalue weighted by atomic mass is 10.1. The Morgan fingerprint density at radius 3 is 2.38 bits per heavy atom.